The van der Waals surface area contributed by atoms with Gasteiger partial charge in [-0.3, -0.25) is 4.79 Å². The highest BCUT2D eigenvalue weighted by molar-refractivity contribution is 7.98. The number of nitrogens with zero attached hydrogens (tertiary/aromatic N) is 5. The van der Waals surface area contributed by atoms with E-state index in [4.69, 9.17) is 16.3 Å². The van der Waals surface area contributed by atoms with E-state index in [1.165, 1.54) is 17.8 Å². The van der Waals surface area contributed by atoms with Gasteiger partial charge in [0.2, 0.25) is 0 Å². The molecule has 2 aliphatic heterocycles. The van der Waals surface area contributed by atoms with Crippen LogP contribution in [0.4, 0.5) is 24.7 Å². The molecule has 12 heteroatoms. The average molecular weight is 578 g/mol. The Morgan fingerprint density at radius 2 is 1.67 bits per heavy atom. The first-order chi connectivity index (χ1) is 18.8. The van der Waals surface area contributed by atoms with Crippen LogP contribution in [0.1, 0.15) is 21.5 Å². The smallest absolute Gasteiger partial charge is 0.378 e. The van der Waals surface area contributed by atoms with Gasteiger partial charge in [-0.2, -0.15) is 13.2 Å². The number of halogens is 4. The van der Waals surface area contributed by atoms with E-state index in [0.717, 1.165) is 36.6 Å². The molecular formula is C27H27ClF3N5O2S. The second-order valence-corrected chi connectivity index (χ2v) is 10.6. The van der Waals surface area contributed by atoms with E-state index < -0.39 is 11.7 Å². The Kier molecular flexibility index (Phi) is 8.49. The number of carbonyl (C=O) groups is 1. The van der Waals surface area contributed by atoms with Crippen molar-refractivity contribution in [3.05, 3.63) is 76.4 Å². The van der Waals surface area contributed by atoms with Crippen LogP contribution in [0, 0.1) is 0 Å². The molecule has 0 saturated carbocycles. The summed E-state index contributed by atoms with van der Waals surface area (Å²) in [5.41, 5.74) is 1.36. The maximum Gasteiger partial charge on any atom is 0.416 e. The van der Waals surface area contributed by atoms with E-state index in [2.05, 4.69) is 14.9 Å². The molecule has 1 aromatic heterocycles. The van der Waals surface area contributed by atoms with E-state index >= 15 is 0 Å². The Bertz CT molecular complexity index is 1310. The number of thioether (sulfide) groups is 1. The quantitative estimate of drug-likeness (QED) is 0.226. The van der Waals surface area contributed by atoms with Gasteiger partial charge in [0.15, 0.2) is 5.16 Å². The van der Waals surface area contributed by atoms with Crippen molar-refractivity contribution in [3.63, 3.8) is 0 Å². The summed E-state index contributed by atoms with van der Waals surface area (Å²) in [5.74, 6) is 1.24. The number of morpholine rings is 1. The normalized spacial score (nSPS) is 16.5. The summed E-state index contributed by atoms with van der Waals surface area (Å²) < 4.78 is 44.7. The van der Waals surface area contributed by atoms with Gasteiger partial charge in [-0.15, -0.1) is 0 Å². The summed E-state index contributed by atoms with van der Waals surface area (Å²) in [5, 5.41) is 0.939. The summed E-state index contributed by atoms with van der Waals surface area (Å²) in [6.07, 6.45) is -4.39. The molecule has 7 nitrogen and oxygen atoms in total. The molecule has 0 N–H and O–H groups in total. The minimum Gasteiger partial charge on any atom is -0.378 e. The molecule has 2 aliphatic rings. The number of hydrogen-bond donors (Lipinski definition) is 0. The Morgan fingerprint density at radius 1 is 0.923 bits per heavy atom. The Hall–Kier alpha value is -3.02. The highest BCUT2D eigenvalue weighted by Crippen LogP contribution is 2.32. The monoisotopic (exact) mass is 577 g/mol. The first kappa shape index (κ1) is 27.5. The van der Waals surface area contributed by atoms with Crippen LogP contribution in [-0.2, 0) is 16.7 Å². The number of carbonyl (C=O) groups excluding carboxylic acids is 1. The SMILES string of the molecule is O=C(c1cccc(CSc2nc(Cl)cc(N3CCOCC3)n2)c1)N1CCN(c2cccc(C(F)(F)F)c2)CC1. The van der Waals surface area contributed by atoms with Gasteiger partial charge in [-0.1, -0.05) is 41.6 Å². The maximum absolute atomic E-state index is 13.2. The first-order valence-corrected chi connectivity index (χ1v) is 13.9. The minimum atomic E-state index is -4.39. The highest BCUT2D eigenvalue weighted by atomic mass is 35.5. The molecule has 1 amide bonds. The lowest BCUT2D eigenvalue weighted by Gasteiger charge is -2.36. The predicted octanol–water partition coefficient (Wildman–Crippen LogP) is 5.24. The van der Waals surface area contributed by atoms with Gasteiger partial charge in [0, 0.05) is 62.3 Å². The topological polar surface area (TPSA) is 61.8 Å². The Labute approximate surface area is 233 Å². The number of ether oxygens (including phenoxy) is 1. The predicted molar refractivity (Wildman–Crippen MR) is 146 cm³/mol. The van der Waals surface area contributed by atoms with Crippen molar-refractivity contribution in [3.8, 4) is 0 Å². The maximum atomic E-state index is 13.2. The second kappa shape index (κ2) is 12.0. The van der Waals surface area contributed by atoms with Crippen molar-refractivity contribution in [2.24, 2.45) is 0 Å². The Balaban J connectivity index is 1.19. The molecular weight excluding hydrogens is 551 g/mol. The van der Waals surface area contributed by atoms with Crippen LogP contribution >= 0.6 is 23.4 Å². The van der Waals surface area contributed by atoms with Gasteiger partial charge in [0.25, 0.3) is 5.91 Å². The molecule has 0 radical (unpaired) electrons. The summed E-state index contributed by atoms with van der Waals surface area (Å²) in [7, 11) is 0. The number of benzene rings is 2. The van der Waals surface area contributed by atoms with Crippen molar-refractivity contribution in [1.82, 2.24) is 14.9 Å². The van der Waals surface area contributed by atoms with Crippen molar-refractivity contribution in [1.29, 1.82) is 0 Å². The molecule has 5 rings (SSSR count). The van der Waals surface area contributed by atoms with Crippen LogP contribution < -0.4 is 9.80 Å². The first-order valence-electron chi connectivity index (χ1n) is 12.6. The largest absolute Gasteiger partial charge is 0.416 e. The fourth-order valence-electron chi connectivity index (χ4n) is 4.58. The van der Waals surface area contributed by atoms with E-state index in [1.54, 1.807) is 23.1 Å². The van der Waals surface area contributed by atoms with Crippen molar-refractivity contribution in [2.45, 2.75) is 17.1 Å². The van der Waals surface area contributed by atoms with E-state index in [0.29, 0.717) is 66.7 Å². The molecule has 39 heavy (non-hydrogen) atoms. The molecule has 0 bridgehead atoms. The standard InChI is InChI=1S/C27H27ClF3N5O2S/c28-23-17-24(35-11-13-38-14-12-35)33-26(32-23)39-18-19-3-1-4-20(15-19)25(37)36-9-7-34(8-10-36)22-6-2-5-21(16-22)27(29,30)31/h1-6,15-17H,7-14,18H2. The van der Waals surface area contributed by atoms with Gasteiger partial charge < -0.3 is 19.4 Å². The third kappa shape index (κ3) is 6.95. The van der Waals surface area contributed by atoms with Gasteiger partial charge in [-0.05, 0) is 35.9 Å². The number of piperazine rings is 1. The number of anilines is 2. The molecule has 2 saturated heterocycles. The summed E-state index contributed by atoms with van der Waals surface area (Å²) in [4.78, 5) is 27.9. The third-order valence-electron chi connectivity index (χ3n) is 6.64. The van der Waals surface area contributed by atoms with Gasteiger partial charge >= 0.3 is 6.18 Å². The number of aromatic nitrogens is 2. The number of hydrogen-bond acceptors (Lipinski definition) is 7. The van der Waals surface area contributed by atoms with Crippen LogP contribution in [0.15, 0.2) is 59.8 Å². The molecule has 2 aromatic carbocycles. The van der Waals surface area contributed by atoms with Crippen LogP contribution in [0.5, 0.6) is 0 Å². The molecule has 3 aromatic rings. The molecule has 206 valence electrons. The lowest BCUT2D eigenvalue weighted by molar-refractivity contribution is -0.137. The van der Waals surface area contributed by atoms with Gasteiger partial charge in [-0.25, -0.2) is 9.97 Å². The summed E-state index contributed by atoms with van der Waals surface area (Å²) in [6, 6.07) is 14.5. The van der Waals surface area contributed by atoms with E-state index in [1.807, 2.05) is 23.1 Å². The van der Waals surface area contributed by atoms with Gasteiger partial charge in [0.1, 0.15) is 11.0 Å². The fourth-order valence-corrected chi connectivity index (χ4v) is 5.60. The molecule has 0 aliphatic carbocycles. The Morgan fingerprint density at radius 3 is 2.41 bits per heavy atom. The molecule has 2 fully saturated rings. The molecule has 0 atom stereocenters. The lowest BCUT2D eigenvalue weighted by atomic mass is 10.1. The number of alkyl halides is 3. The highest BCUT2D eigenvalue weighted by Gasteiger charge is 2.31. The van der Waals surface area contributed by atoms with E-state index in [9.17, 15) is 18.0 Å². The zero-order valence-corrected chi connectivity index (χ0v) is 22.6. The zero-order valence-electron chi connectivity index (χ0n) is 21.0. The number of rotatable bonds is 6. The zero-order chi connectivity index (χ0) is 27.4. The van der Waals surface area contributed by atoms with E-state index in [-0.39, 0.29) is 5.91 Å². The van der Waals surface area contributed by atoms with Crippen molar-refractivity contribution < 1.29 is 22.7 Å². The molecule has 3 heterocycles. The molecule has 0 spiro atoms. The van der Waals surface area contributed by atoms with Crippen LogP contribution in [-0.4, -0.2) is 73.3 Å². The van der Waals surface area contributed by atoms with Crippen molar-refractivity contribution >= 4 is 40.8 Å². The van der Waals surface area contributed by atoms with Crippen molar-refractivity contribution in [2.75, 3.05) is 62.3 Å². The molecule has 0 unspecified atom stereocenters. The van der Waals surface area contributed by atoms with Gasteiger partial charge in [0.05, 0.1) is 18.8 Å². The summed E-state index contributed by atoms with van der Waals surface area (Å²) in [6.45, 7) is 4.55. The number of amides is 1. The lowest BCUT2D eigenvalue weighted by Crippen LogP contribution is -2.48. The van der Waals surface area contributed by atoms with Crippen LogP contribution in [0.25, 0.3) is 0 Å². The van der Waals surface area contributed by atoms with Crippen LogP contribution in [0.2, 0.25) is 5.15 Å². The minimum absolute atomic E-state index is 0.0980. The summed E-state index contributed by atoms with van der Waals surface area (Å²) >= 11 is 7.70. The fraction of sp³-hybridized carbons (Fsp3) is 0.370. The third-order valence-corrected chi connectivity index (χ3v) is 7.76. The second-order valence-electron chi connectivity index (χ2n) is 9.25. The average Bonchev–Trinajstić information content (AvgIpc) is 2.96. The van der Waals surface area contributed by atoms with Crippen LogP contribution in [0.3, 0.4) is 0 Å².